The highest BCUT2D eigenvalue weighted by Crippen LogP contribution is 2.31. The topological polar surface area (TPSA) is 68.0 Å². The van der Waals surface area contributed by atoms with Crippen LogP contribution in [0.4, 0.5) is 5.69 Å². The normalized spacial score (nSPS) is 14.9. The van der Waals surface area contributed by atoms with E-state index in [-0.39, 0.29) is 31.4 Å². The first kappa shape index (κ1) is 29.1. The number of hydrogen-bond donors (Lipinski definition) is 2. The van der Waals surface area contributed by atoms with Gasteiger partial charge >= 0.3 is 0 Å². The molecule has 0 saturated carbocycles. The maximum atomic E-state index is 10.5. The van der Waals surface area contributed by atoms with E-state index in [9.17, 15) is 5.11 Å². The molecule has 8 heteroatoms. The van der Waals surface area contributed by atoms with Crippen molar-refractivity contribution in [2.24, 2.45) is 0 Å². The van der Waals surface area contributed by atoms with Crippen LogP contribution in [-0.2, 0) is 0 Å². The molecule has 0 unspecified atom stereocenters. The Morgan fingerprint density at radius 2 is 1.63 bits per heavy atom. The number of hydrogen-bond acceptors (Lipinski definition) is 5. The van der Waals surface area contributed by atoms with E-state index < -0.39 is 6.10 Å². The van der Waals surface area contributed by atoms with Gasteiger partial charge in [0, 0.05) is 12.6 Å². The van der Waals surface area contributed by atoms with Gasteiger partial charge in [-0.3, -0.25) is 0 Å². The summed E-state index contributed by atoms with van der Waals surface area (Å²) in [6.07, 6.45) is 1.57. The van der Waals surface area contributed by atoms with E-state index in [0.29, 0.717) is 28.9 Å². The summed E-state index contributed by atoms with van der Waals surface area (Å²) in [5.74, 6) is 2.88. The molecule has 1 aliphatic rings. The Bertz CT molecular complexity index is 1040. The lowest BCUT2D eigenvalue weighted by atomic mass is 9.89. The summed E-state index contributed by atoms with van der Waals surface area (Å²) in [7, 11) is 0. The highest BCUT2D eigenvalue weighted by atomic mass is 35.5. The van der Waals surface area contributed by atoms with Crippen LogP contribution in [0.15, 0.2) is 66.7 Å². The van der Waals surface area contributed by atoms with E-state index in [1.165, 1.54) is 5.56 Å². The van der Waals surface area contributed by atoms with Crippen LogP contribution in [0.3, 0.4) is 0 Å². The van der Waals surface area contributed by atoms with Gasteiger partial charge in [0.1, 0.15) is 30.0 Å². The Kier molecular flexibility index (Phi) is 11.5. The van der Waals surface area contributed by atoms with E-state index >= 15 is 0 Å². The third-order valence-corrected chi connectivity index (χ3v) is 6.44. The van der Waals surface area contributed by atoms with Crippen LogP contribution in [0.25, 0.3) is 0 Å². The smallest absolute Gasteiger partial charge is 0.127 e. The molecule has 0 amide bonds. The van der Waals surface area contributed by atoms with Crippen LogP contribution < -0.4 is 15.2 Å². The molecule has 1 heterocycles. The van der Waals surface area contributed by atoms with Crippen LogP contribution in [-0.4, -0.2) is 42.4 Å². The number of nitrogens with two attached hydrogens (primary N) is 1. The second kappa shape index (κ2) is 13.8. The maximum absolute atomic E-state index is 10.5. The molecule has 3 aromatic carbocycles. The fourth-order valence-electron chi connectivity index (χ4n) is 4.24. The number of β-amino-alcohol motifs (C(OH)–C–C–N with tert-alkyl or cyclic N) is 1. The number of nitrogen functional groups attached to an aromatic ring is 1. The molecule has 35 heavy (non-hydrogen) atoms. The van der Waals surface area contributed by atoms with E-state index in [1.807, 2.05) is 49.4 Å². The number of nitrogens with zero attached hydrogens (tertiary/aromatic N) is 1. The van der Waals surface area contributed by atoms with Crippen molar-refractivity contribution >= 4 is 42.1 Å². The van der Waals surface area contributed by atoms with Gasteiger partial charge in [0.2, 0.25) is 0 Å². The molecule has 4 rings (SSSR count). The Labute approximate surface area is 225 Å². The van der Waals surface area contributed by atoms with Crippen molar-refractivity contribution in [3.05, 3.63) is 82.9 Å². The number of ether oxygens (including phenoxy) is 2. The molecule has 3 aromatic rings. The number of para-hydroxylation sites is 1. The number of aliphatic hydroxyl groups is 1. The molecule has 3 N–H and O–H groups in total. The van der Waals surface area contributed by atoms with Gasteiger partial charge in [-0.05, 0) is 80.2 Å². The minimum Gasteiger partial charge on any atom is -0.490 e. The number of likely N-dealkylation sites (tertiary alicyclic amines) is 1. The predicted molar refractivity (Wildman–Crippen MR) is 148 cm³/mol. The lowest BCUT2D eigenvalue weighted by Crippen LogP contribution is -2.40. The molecule has 190 valence electrons. The van der Waals surface area contributed by atoms with Crippen molar-refractivity contribution in [3.8, 4) is 17.2 Å². The lowest BCUT2D eigenvalue weighted by molar-refractivity contribution is 0.0592. The number of rotatable bonds is 8. The third kappa shape index (κ3) is 8.19. The van der Waals surface area contributed by atoms with Crippen molar-refractivity contribution in [3.63, 3.8) is 0 Å². The van der Waals surface area contributed by atoms with Crippen molar-refractivity contribution in [2.45, 2.75) is 31.8 Å². The maximum Gasteiger partial charge on any atom is 0.127 e. The van der Waals surface area contributed by atoms with Crippen molar-refractivity contribution in [1.29, 1.82) is 0 Å². The molecule has 1 aliphatic heterocycles. The zero-order valence-corrected chi connectivity index (χ0v) is 22.1. The first-order valence-corrected chi connectivity index (χ1v) is 11.8. The first-order chi connectivity index (χ1) is 16.0. The molecule has 0 radical (unpaired) electrons. The summed E-state index contributed by atoms with van der Waals surface area (Å²) in [5.41, 5.74) is 8.59. The van der Waals surface area contributed by atoms with E-state index in [0.717, 1.165) is 43.0 Å². The van der Waals surface area contributed by atoms with Crippen LogP contribution >= 0.6 is 36.4 Å². The van der Waals surface area contributed by atoms with Gasteiger partial charge in [-0.15, -0.1) is 24.8 Å². The third-order valence-electron chi connectivity index (χ3n) is 6.11. The first-order valence-electron chi connectivity index (χ1n) is 11.4. The van der Waals surface area contributed by atoms with Gasteiger partial charge in [-0.1, -0.05) is 41.9 Å². The van der Waals surface area contributed by atoms with Crippen LogP contribution in [0.2, 0.25) is 5.02 Å². The molecule has 0 aliphatic carbocycles. The quantitative estimate of drug-likeness (QED) is 0.320. The molecule has 1 saturated heterocycles. The zero-order chi connectivity index (χ0) is 23.2. The van der Waals surface area contributed by atoms with Crippen molar-refractivity contribution in [2.75, 3.05) is 32.0 Å². The summed E-state index contributed by atoms with van der Waals surface area (Å²) >= 11 is 6.03. The molecule has 5 nitrogen and oxygen atoms in total. The molecule has 0 spiro atoms. The number of aryl methyl sites for hydroxylation is 1. The SMILES string of the molecule is Cc1cc(Cl)c(N)cc1OC[C@@H](O)CN1CCC(c2ccc(Oc3ccccc3)cc2)CC1.Cl.Cl. The Morgan fingerprint density at radius 1 is 1.00 bits per heavy atom. The average Bonchev–Trinajstić information content (AvgIpc) is 2.82. The van der Waals surface area contributed by atoms with E-state index in [1.54, 1.807) is 12.1 Å². The lowest BCUT2D eigenvalue weighted by Gasteiger charge is -2.33. The van der Waals surface area contributed by atoms with Crippen LogP contribution in [0.5, 0.6) is 17.2 Å². The summed E-state index contributed by atoms with van der Waals surface area (Å²) in [5, 5.41) is 11.0. The van der Waals surface area contributed by atoms with Gasteiger partial charge in [-0.25, -0.2) is 0 Å². The molecular formula is C27H33Cl3N2O3. The number of aliphatic hydroxyl groups excluding tert-OH is 1. The van der Waals surface area contributed by atoms with E-state index in [2.05, 4.69) is 17.0 Å². The highest BCUT2D eigenvalue weighted by Gasteiger charge is 2.22. The van der Waals surface area contributed by atoms with Crippen molar-refractivity contribution in [1.82, 2.24) is 4.90 Å². The predicted octanol–water partition coefficient (Wildman–Crippen LogP) is 6.49. The zero-order valence-electron chi connectivity index (χ0n) is 19.7. The van der Waals surface area contributed by atoms with Gasteiger partial charge < -0.3 is 25.2 Å². The number of piperidine rings is 1. The van der Waals surface area contributed by atoms with Gasteiger partial charge in [0.15, 0.2) is 0 Å². The number of benzene rings is 3. The number of halogens is 3. The summed E-state index contributed by atoms with van der Waals surface area (Å²) in [6.45, 7) is 4.65. The second-order valence-corrected chi connectivity index (χ2v) is 9.07. The molecule has 0 bridgehead atoms. The van der Waals surface area contributed by atoms with Gasteiger partial charge in [-0.2, -0.15) is 0 Å². The molecule has 1 fully saturated rings. The van der Waals surface area contributed by atoms with Gasteiger partial charge in [0.25, 0.3) is 0 Å². The Balaban J connectivity index is 0.00000216. The summed E-state index contributed by atoms with van der Waals surface area (Å²) < 4.78 is 11.7. The summed E-state index contributed by atoms with van der Waals surface area (Å²) in [6, 6.07) is 21.7. The number of anilines is 1. The Hall–Kier alpha value is -2.15. The van der Waals surface area contributed by atoms with Crippen LogP contribution in [0.1, 0.15) is 29.9 Å². The van der Waals surface area contributed by atoms with Crippen molar-refractivity contribution < 1.29 is 14.6 Å². The minimum atomic E-state index is -0.563. The fourth-order valence-corrected chi connectivity index (χ4v) is 4.46. The molecule has 1 atom stereocenters. The standard InChI is InChI=1S/C27H31ClN2O3.2ClH/c1-19-15-25(28)26(29)16-27(19)32-18-22(31)17-30-13-11-21(12-14-30)20-7-9-24(10-8-20)33-23-5-3-2-4-6-23;;/h2-10,15-16,21-22,31H,11-14,17-18,29H2,1H3;2*1H/t22-;;/m0../s1. The molecular weight excluding hydrogens is 507 g/mol. The summed E-state index contributed by atoms with van der Waals surface area (Å²) in [4.78, 5) is 2.31. The van der Waals surface area contributed by atoms with E-state index in [4.69, 9.17) is 26.8 Å². The Morgan fingerprint density at radius 3 is 2.29 bits per heavy atom. The fraction of sp³-hybridized carbons (Fsp3) is 0.333. The molecule has 0 aromatic heterocycles. The van der Waals surface area contributed by atoms with Crippen LogP contribution in [0, 0.1) is 6.92 Å². The van der Waals surface area contributed by atoms with Gasteiger partial charge in [0.05, 0.1) is 10.7 Å². The highest BCUT2D eigenvalue weighted by molar-refractivity contribution is 6.33. The average molecular weight is 540 g/mol. The monoisotopic (exact) mass is 538 g/mol. The largest absolute Gasteiger partial charge is 0.490 e. The second-order valence-electron chi connectivity index (χ2n) is 8.66. The minimum absolute atomic E-state index is 0.